The molecule has 6 rings (SSSR count). The summed E-state index contributed by atoms with van der Waals surface area (Å²) in [5.41, 5.74) is 1.33. The molecule has 37 heavy (non-hydrogen) atoms. The third kappa shape index (κ3) is 4.22. The quantitative estimate of drug-likeness (QED) is 0.466. The molecular formula is C31H36F3NO2. The monoisotopic (exact) mass is 511 g/mol. The standard InChI is InChI=1S/C31H36F3NO2/c1-29-19-26(20-4-7-22(8-5-20)35-16-2-3-17-35)28-24-11-9-23(36)18-21(24)6-10-25(28)27(29)12-13-30(29,37)14-15-31(32,33)34/h4-5,7-8,18,24-28,37H,2-3,6,9-13,16-17,19H2,1H3/t24-,25-,26+,27-,28+,29-,30+/m0/s1. The highest BCUT2D eigenvalue weighted by atomic mass is 19.4. The Labute approximate surface area is 217 Å². The summed E-state index contributed by atoms with van der Waals surface area (Å²) in [6, 6.07) is 8.80. The fourth-order valence-electron chi connectivity index (χ4n) is 8.94. The number of carbonyl (C=O) groups is 1. The molecule has 1 aromatic carbocycles. The third-order valence-electron chi connectivity index (χ3n) is 10.7. The normalized spacial score (nSPS) is 39.3. The van der Waals surface area contributed by atoms with Gasteiger partial charge in [-0.3, -0.25) is 4.79 Å². The topological polar surface area (TPSA) is 40.5 Å². The van der Waals surface area contributed by atoms with E-state index in [0.29, 0.717) is 37.0 Å². The molecule has 7 atom stereocenters. The van der Waals surface area contributed by atoms with Gasteiger partial charge in [-0.1, -0.05) is 30.6 Å². The molecule has 0 amide bonds. The molecule has 1 aromatic rings. The van der Waals surface area contributed by atoms with E-state index >= 15 is 0 Å². The Morgan fingerprint density at radius 3 is 2.46 bits per heavy atom. The summed E-state index contributed by atoms with van der Waals surface area (Å²) < 4.78 is 39.3. The minimum atomic E-state index is -4.62. The van der Waals surface area contributed by atoms with Crippen LogP contribution in [0.4, 0.5) is 18.9 Å². The molecule has 1 heterocycles. The van der Waals surface area contributed by atoms with Gasteiger partial charge in [-0.15, -0.1) is 0 Å². The first-order valence-corrected chi connectivity index (χ1v) is 14.0. The lowest BCUT2D eigenvalue weighted by Crippen LogP contribution is -2.54. The second-order valence-corrected chi connectivity index (χ2v) is 12.4. The second kappa shape index (κ2) is 8.90. The molecule has 0 spiro atoms. The van der Waals surface area contributed by atoms with Crippen LogP contribution in [0, 0.1) is 40.9 Å². The van der Waals surface area contributed by atoms with Gasteiger partial charge in [-0.2, -0.15) is 13.2 Å². The number of nitrogens with zero attached hydrogens (tertiary/aromatic N) is 1. The second-order valence-electron chi connectivity index (χ2n) is 12.4. The van der Waals surface area contributed by atoms with Gasteiger partial charge in [0.05, 0.1) is 0 Å². The van der Waals surface area contributed by atoms with Crippen molar-refractivity contribution in [3.05, 3.63) is 41.5 Å². The van der Waals surface area contributed by atoms with Gasteiger partial charge in [0.2, 0.25) is 0 Å². The number of hydrogen-bond acceptors (Lipinski definition) is 3. The predicted octanol–water partition coefficient (Wildman–Crippen LogP) is 6.42. The number of halogens is 3. The van der Waals surface area contributed by atoms with Crippen molar-refractivity contribution in [2.75, 3.05) is 18.0 Å². The van der Waals surface area contributed by atoms with Crippen LogP contribution in [0.15, 0.2) is 35.9 Å². The van der Waals surface area contributed by atoms with E-state index in [4.69, 9.17) is 0 Å². The van der Waals surface area contributed by atoms with Crippen LogP contribution in [-0.2, 0) is 4.79 Å². The van der Waals surface area contributed by atoms with Gasteiger partial charge in [0.15, 0.2) is 5.78 Å². The first-order valence-electron chi connectivity index (χ1n) is 14.0. The van der Waals surface area contributed by atoms with Crippen molar-refractivity contribution >= 4 is 11.5 Å². The van der Waals surface area contributed by atoms with Crippen molar-refractivity contribution in [1.29, 1.82) is 0 Å². The molecule has 0 aromatic heterocycles. The molecule has 4 fully saturated rings. The lowest BCUT2D eigenvalue weighted by atomic mass is 9.46. The van der Waals surface area contributed by atoms with E-state index in [9.17, 15) is 23.1 Å². The van der Waals surface area contributed by atoms with Gasteiger partial charge >= 0.3 is 6.18 Å². The number of allylic oxidation sites excluding steroid dienone is 1. The maximum Gasteiger partial charge on any atom is 0.457 e. The van der Waals surface area contributed by atoms with E-state index < -0.39 is 17.2 Å². The van der Waals surface area contributed by atoms with E-state index in [1.807, 2.05) is 13.0 Å². The molecule has 0 unspecified atom stereocenters. The number of anilines is 1. The fourth-order valence-corrected chi connectivity index (χ4v) is 8.94. The van der Waals surface area contributed by atoms with Crippen molar-refractivity contribution in [2.45, 2.75) is 82.4 Å². The highest BCUT2D eigenvalue weighted by molar-refractivity contribution is 5.91. The molecule has 4 aliphatic carbocycles. The van der Waals surface area contributed by atoms with Crippen LogP contribution in [0.1, 0.15) is 76.2 Å². The lowest BCUT2D eigenvalue weighted by molar-refractivity contribution is -0.117. The van der Waals surface area contributed by atoms with Crippen LogP contribution in [0.5, 0.6) is 0 Å². The molecule has 198 valence electrons. The Balaban J connectivity index is 1.40. The van der Waals surface area contributed by atoms with Gasteiger partial charge < -0.3 is 10.0 Å². The van der Waals surface area contributed by atoms with Crippen LogP contribution < -0.4 is 4.90 Å². The van der Waals surface area contributed by atoms with Gasteiger partial charge in [0.1, 0.15) is 5.60 Å². The first kappa shape index (κ1) is 25.0. The predicted molar refractivity (Wildman–Crippen MR) is 137 cm³/mol. The number of ketones is 1. The van der Waals surface area contributed by atoms with E-state index in [2.05, 4.69) is 35.1 Å². The molecular weight excluding hydrogens is 475 g/mol. The Hall–Kier alpha value is -2.26. The van der Waals surface area contributed by atoms with Gasteiger partial charge in [0.25, 0.3) is 0 Å². The molecule has 1 aliphatic heterocycles. The van der Waals surface area contributed by atoms with Gasteiger partial charge in [-0.05, 0) is 105 Å². The van der Waals surface area contributed by atoms with Crippen LogP contribution in [-0.4, -0.2) is 35.8 Å². The molecule has 0 bridgehead atoms. The minimum Gasteiger partial charge on any atom is -0.377 e. The van der Waals surface area contributed by atoms with Crippen LogP contribution in [0.2, 0.25) is 0 Å². The highest BCUT2D eigenvalue weighted by Crippen LogP contribution is 2.68. The number of fused-ring (bicyclic) bond motifs is 5. The summed E-state index contributed by atoms with van der Waals surface area (Å²) in [5, 5.41) is 11.7. The van der Waals surface area contributed by atoms with Gasteiger partial charge in [-0.25, -0.2) is 0 Å². The fraction of sp³-hybridized carbons (Fsp3) is 0.645. The molecule has 0 radical (unpaired) electrons. The van der Waals surface area contributed by atoms with Crippen molar-refractivity contribution in [3.63, 3.8) is 0 Å². The van der Waals surface area contributed by atoms with Gasteiger partial charge in [0, 0.05) is 36.5 Å². The third-order valence-corrected chi connectivity index (χ3v) is 10.7. The molecule has 3 saturated carbocycles. The van der Waals surface area contributed by atoms with Crippen molar-refractivity contribution in [1.82, 2.24) is 0 Å². The molecule has 3 nitrogen and oxygen atoms in total. The average molecular weight is 512 g/mol. The van der Waals surface area contributed by atoms with E-state index in [1.165, 1.54) is 35.6 Å². The van der Waals surface area contributed by atoms with Crippen molar-refractivity contribution < 1.29 is 23.1 Å². The summed E-state index contributed by atoms with van der Waals surface area (Å²) in [5.74, 6) is 5.19. The summed E-state index contributed by atoms with van der Waals surface area (Å²) in [7, 11) is 0. The SMILES string of the molecule is C[C@]12C[C@H](c3ccc(N4CCCC4)cc3)[C@H]3[C@@H](CCC4=CC(=O)CC[C@@H]43)[C@@H]1CC[C@@]2(O)C#CC(F)(F)F. The Morgan fingerprint density at radius 2 is 1.76 bits per heavy atom. The van der Waals surface area contributed by atoms with Crippen LogP contribution in [0.3, 0.4) is 0 Å². The Bertz CT molecular complexity index is 1160. The minimum absolute atomic E-state index is 0.109. The summed E-state index contributed by atoms with van der Waals surface area (Å²) in [6.07, 6.45) is 4.50. The average Bonchev–Trinajstić information content (AvgIpc) is 3.49. The van der Waals surface area contributed by atoms with E-state index in [0.717, 1.165) is 32.4 Å². The molecule has 1 saturated heterocycles. The largest absolute Gasteiger partial charge is 0.457 e. The number of hydrogen-bond donors (Lipinski definition) is 1. The Morgan fingerprint density at radius 1 is 1.03 bits per heavy atom. The zero-order valence-corrected chi connectivity index (χ0v) is 21.5. The maximum atomic E-state index is 13.1. The van der Waals surface area contributed by atoms with Crippen LogP contribution >= 0.6 is 0 Å². The number of aliphatic hydroxyl groups is 1. The van der Waals surface area contributed by atoms with E-state index in [-0.39, 0.29) is 24.0 Å². The summed E-state index contributed by atoms with van der Waals surface area (Å²) >= 11 is 0. The molecule has 5 aliphatic rings. The highest BCUT2D eigenvalue weighted by Gasteiger charge is 2.64. The van der Waals surface area contributed by atoms with E-state index in [1.54, 1.807) is 0 Å². The Kier molecular flexibility index (Phi) is 6.02. The molecule has 1 N–H and O–H groups in total. The lowest BCUT2D eigenvalue weighted by Gasteiger charge is -2.58. The smallest absolute Gasteiger partial charge is 0.377 e. The summed E-state index contributed by atoms with van der Waals surface area (Å²) in [4.78, 5) is 14.6. The van der Waals surface area contributed by atoms with Crippen molar-refractivity contribution in [2.24, 2.45) is 29.1 Å². The number of carbonyl (C=O) groups excluding carboxylic acids is 1. The number of alkyl halides is 3. The zero-order chi connectivity index (χ0) is 26.0. The number of benzene rings is 1. The number of rotatable bonds is 2. The zero-order valence-electron chi connectivity index (χ0n) is 21.5. The maximum absolute atomic E-state index is 13.1. The molecule has 6 heteroatoms. The van der Waals surface area contributed by atoms with Crippen LogP contribution in [0.25, 0.3) is 0 Å². The summed E-state index contributed by atoms with van der Waals surface area (Å²) in [6.45, 7) is 4.14. The first-order chi connectivity index (χ1) is 17.6. The van der Waals surface area contributed by atoms with Crippen molar-refractivity contribution in [3.8, 4) is 11.8 Å².